The van der Waals surface area contributed by atoms with Gasteiger partial charge in [-0.05, 0) is 76.6 Å². The summed E-state index contributed by atoms with van der Waals surface area (Å²) in [5.41, 5.74) is 0.431. The van der Waals surface area contributed by atoms with Crippen molar-refractivity contribution in [1.82, 2.24) is 14.4 Å². The molecule has 3 heterocycles. The van der Waals surface area contributed by atoms with Gasteiger partial charge in [-0.15, -0.1) is 11.3 Å². The standard InChI is InChI=1S/C31H44N4O9S3/c1-20-17-35(21(2)19-36)31(37)26-16-25(33-46(38,39)30-23(4)32-44-24(30)5)12-13-27(26)43-22(3)10-7-8-14-42-28(20)18-34(6)47(40,41)29-11-9-15-45-29/h9,11-13,15-16,20-22,28,33,36H,7-8,10,14,17-19H2,1-6H3/t20-,21+,22+,28-/m0/s1. The van der Waals surface area contributed by atoms with Crippen LogP contribution < -0.4 is 9.46 Å². The van der Waals surface area contributed by atoms with Gasteiger partial charge < -0.3 is 24.0 Å². The van der Waals surface area contributed by atoms with Crippen molar-refractivity contribution in [2.45, 2.75) is 81.2 Å². The van der Waals surface area contributed by atoms with Gasteiger partial charge in [-0.25, -0.2) is 16.8 Å². The monoisotopic (exact) mass is 712 g/mol. The maximum absolute atomic E-state index is 14.3. The maximum Gasteiger partial charge on any atom is 0.267 e. The number of benzene rings is 1. The van der Waals surface area contributed by atoms with Gasteiger partial charge in [0.05, 0.1) is 30.4 Å². The molecule has 3 aromatic rings. The van der Waals surface area contributed by atoms with Crippen LogP contribution in [0.15, 0.2) is 49.3 Å². The van der Waals surface area contributed by atoms with Gasteiger partial charge in [-0.2, -0.15) is 4.31 Å². The van der Waals surface area contributed by atoms with Gasteiger partial charge in [0.25, 0.3) is 26.0 Å². The lowest BCUT2D eigenvalue weighted by molar-refractivity contribution is -0.00832. The lowest BCUT2D eigenvalue weighted by Crippen LogP contribution is -2.48. The summed E-state index contributed by atoms with van der Waals surface area (Å²) < 4.78 is 74.6. The Labute approximate surface area is 280 Å². The Bertz CT molecular complexity index is 1710. The van der Waals surface area contributed by atoms with Crippen LogP contribution in [0.1, 0.15) is 61.8 Å². The van der Waals surface area contributed by atoms with Gasteiger partial charge in [0.15, 0.2) is 10.7 Å². The number of amides is 1. The van der Waals surface area contributed by atoms with E-state index in [1.54, 1.807) is 30.5 Å². The third kappa shape index (κ3) is 8.72. The average Bonchev–Trinajstić information content (AvgIpc) is 3.69. The van der Waals surface area contributed by atoms with Gasteiger partial charge in [0, 0.05) is 38.3 Å². The van der Waals surface area contributed by atoms with E-state index in [1.807, 2.05) is 13.8 Å². The third-order valence-electron chi connectivity index (χ3n) is 8.14. The Morgan fingerprint density at radius 2 is 1.91 bits per heavy atom. The van der Waals surface area contributed by atoms with Crippen LogP contribution in [-0.4, -0.2) is 93.8 Å². The first-order valence-corrected chi connectivity index (χ1v) is 19.3. The number of anilines is 1. The number of hydrogen-bond acceptors (Lipinski definition) is 11. The molecule has 0 spiro atoms. The Morgan fingerprint density at radius 1 is 1.17 bits per heavy atom. The molecule has 2 N–H and O–H groups in total. The molecule has 4 atom stereocenters. The van der Waals surface area contributed by atoms with E-state index in [9.17, 15) is 26.7 Å². The SMILES string of the molecule is Cc1noc(C)c1S(=O)(=O)Nc1ccc2c(c1)C(=O)N([C@H](C)CO)C[C@H](C)[C@H](CN(C)S(=O)(=O)c1cccs1)OCCCC[C@@H](C)O2. The number of sulfonamides is 2. The van der Waals surface area contributed by atoms with Crippen molar-refractivity contribution in [1.29, 1.82) is 0 Å². The lowest BCUT2D eigenvalue weighted by Gasteiger charge is -2.35. The molecule has 2 aromatic heterocycles. The number of hydrogen-bond donors (Lipinski definition) is 2. The predicted octanol–water partition coefficient (Wildman–Crippen LogP) is 4.27. The van der Waals surface area contributed by atoms with Crippen molar-refractivity contribution in [3.63, 3.8) is 0 Å². The molecule has 16 heteroatoms. The highest BCUT2D eigenvalue weighted by Crippen LogP contribution is 2.31. The highest BCUT2D eigenvalue weighted by Gasteiger charge is 2.33. The quantitative estimate of drug-likeness (QED) is 0.327. The molecule has 1 aliphatic heterocycles. The number of likely N-dealkylation sites (N-methyl/N-ethyl adjacent to an activating group) is 1. The normalized spacial score (nSPS) is 21.1. The van der Waals surface area contributed by atoms with E-state index in [-0.39, 0.29) is 69.3 Å². The molecule has 0 fully saturated rings. The van der Waals surface area contributed by atoms with Crippen molar-refractivity contribution in [3.05, 3.63) is 52.7 Å². The van der Waals surface area contributed by atoms with Crippen LogP contribution in [0.25, 0.3) is 0 Å². The van der Waals surface area contributed by atoms with Gasteiger partial charge >= 0.3 is 0 Å². The summed E-state index contributed by atoms with van der Waals surface area (Å²) in [6.45, 7) is 8.70. The number of carbonyl (C=O) groups is 1. The summed E-state index contributed by atoms with van der Waals surface area (Å²) >= 11 is 1.14. The topological polar surface area (TPSA) is 169 Å². The minimum absolute atomic E-state index is 0.0562. The van der Waals surface area contributed by atoms with E-state index >= 15 is 0 Å². The molecule has 0 unspecified atom stereocenters. The molecule has 0 aliphatic carbocycles. The van der Waals surface area contributed by atoms with Gasteiger partial charge in [0.1, 0.15) is 15.7 Å². The van der Waals surface area contributed by atoms with Gasteiger partial charge in [-0.1, -0.05) is 18.1 Å². The van der Waals surface area contributed by atoms with E-state index in [2.05, 4.69) is 9.88 Å². The number of aromatic nitrogens is 1. The fourth-order valence-corrected chi connectivity index (χ4v) is 9.19. The highest BCUT2D eigenvalue weighted by atomic mass is 32.2. The minimum atomic E-state index is -4.11. The Morgan fingerprint density at radius 3 is 2.55 bits per heavy atom. The Hall–Kier alpha value is -3.02. The van der Waals surface area contributed by atoms with E-state index in [1.165, 1.54) is 42.2 Å². The van der Waals surface area contributed by atoms with Crippen LogP contribution in [-0.2, 0) is 24.8 Å². The lowest BCUT2D eigenvalue weighted by atomic mass is 10.0. The van der Waals surface area contributed by atoms with Crippen LogP contribution in [0, 0.1) is 19.8 Å². The zero-order valence-electron chi connectivity index (χ0n) is 27.5. The van der Waals surface area contributed by atoms with Crippen molar-refractivity contribution in [2.75, 3.05) is 38.1 Å². The largest absolute Gasteiger partial charge is 0.490 e. The predicted molar refractivity (Wildman–Crippen MR) is 178 cm³/mol. The van der Waals surface area contributed by atoms with Crippen molar-refractivity contribution in [3.8, 4) is 5.75 Å². The summed E-state index contributed by atoms with van der Waals surface area (Å²) in [5, 5.41) is 15.6. The Kier molecular flexibility index (Phi) is 12.1. The number of aryl methyl sites for hydroxylation is 2. The second kappa shape index (κ2) is 15.5. The second-order valence-electron chi connectivity index (χ2n) is 12.0. The number of nitrogens with zero attached hydrogens (tertiary/aromatic N) is 3. The fraction of sp³-hybridized carbons (Fsp3) is 0.548. The summed E-state index contributed by atoms with van der Waals surface area (Å²) in [4.78, 5) is 15.7. The van der Waals surface area contributed by atoms with Crippen molar-refractivity contribution < 1.29 is 40.7 Å². The number of nitrogens with one attached hydrogen (secondary N) is 1. The number of thiophene rings is 1. The van der Waals surface area contributed by atoms with Crippen LogP contribution >= 0.6 is 11.3 Å². The number of rotatable bonds is 9. The molecule has 1 aliphatic rings. The fourth-order valence-electron chi connectivity index (χ4n) is 5.43. The number of aliphatic hydroxyl groups excluding tert-OH is 1. The maximum atomic E-state index is 14.3. The van der Waals surface area contributed by atoms with E-state index in [0.29, 0.717) is 19.4 Å². The first-order chi connectivity index (χ1) is 22.1. The van der Waals surface area contributed by atoms with Gasteiger partial charge in [-0.3, -0.25) is 9.52 Å². The first kappa shape index (κ1) is 36.8. The zero-order chi connectivity index (χ0) is 34.5. The van der Waals surface area contributed by atoms with Crippen LogP contribution in [0.3, 0.4) is 0 Å². The molecule has 47 heavy (non-hydrogen) atoms. The molecule has 0 radical (unpaired) electrons. The van der Waals surface area contributed by atoms with E-state index < -0.39 is 38.1 Å². The zero-order valence-corrected chi connectivity index (χ0v) is 30.0. The molecule has 1 amide bonds. The molecule has 4 rings (SSSR count). The highest BCUT2D eigenvalue weighted by molar-refractivity contribution is 7.92. The molecule has 0 saturated carbocycles. The van der Waals surface area contributed by atoms with Crippen LogP contribution in [0.2, 0.25) is 0 Å². The molecule has 1 aromatic carbocycles. The number of carbonyl (C=O) groups excluding carboxylic acids is 1. The molecule has 260 valence electrons. The summed E-state index contributed by atoms with van der Waals surface area (Å²) in [7, 11) is -6.34. The average molecular weight is 713 g/mol. The van der Waals surface area contributed by atoms with E-state index in [4.69, 9.17) is 14.0 Å². The molecule has 13 nitrogen and oxygen atoms in total. The molecule has 0 bridgehead atoms. The summed E-state index contributed by atoms with van der Waals surface area (Å²) in [6, 6.07) is 7.10. The summed E-state index contributed by atoms with van der Waals surface area (Å²) in [6.07, 6.45) is 1.28. The first-order valence-electron chi connectivity index (χ1n) is 15.4. The number of aliphatic hydroxyl groups is 1. The van der Waals surface area contributed by atoms with Gasteiger partial charge in [0.2, 0.25) is 0 Å². The minimum Gasteiger partial charge on any atom is -0.490 e. The molecular formula is C31H44N4O9S3. The van der Waals surface area contributed by atoms with E-state index in [0.717, 1.165) is 17.8 Å². The van der Waals surface area contributed by atoms with Crippen molar-refractivity contribution >= 4 is 43.0 Å². The Balaban J connectivity index is 1.69. The third-order valence-corrected chi connectivity index (χ3v) is 13.0. The van der Waals surface area contributed by atoms with Crippen molar-refractivity contribution in [2.24, 2.45) is 5.92 Å². The molecule has 0 saturated heterocycles. The second-order valence-corrected chi connectivity index (χ2v) is 16.8. The number of fused-ring (bicyclic) bond motifs is 1. The van der Waals surface area contributed by atoms with Crippen LogP contribution in [0.4, 0.5) is 5.69 Å². The van der Waals surface area contributed by atoms with Crippen LogP contribution in [0.5, 0.6) is 5.75 Å². The summed E-state index contributed by atoms with van der Waals surface area (Å²) in [5.74, 6) is -0.447. The number of ether oxygens (including phenoxy) is 2. The smallest absolute Gasteiger partial charge is 0.267 e. The molecular weight excluding hydrogens is 669 g/mol.